The molecule has 92 valence electrons. The third-order valence-corrected chi connectivity index (χ3v) is 3.17. The normalized spacial score (nSPS) is 19.9. The van der Waals surface area contributed by atoms with Gasteiger partial charge in [-0.05, 0) is 49.9 Å². The van der Waals surface area contributed by atoms with Crippen LogP contribution >= 0.6 is 0 Å². The summed E-state index contributed by atoms with van der Waals surface area (Å²) < 4.78 is 5.02. The van der Waals surface area contributed by atoms with E-state index in [2.05, 4.69) is 11.4 Å². The average molecular weight is 233 g/mol. The highest BCUT2D eigenvalue weighted by Crippen LogP contribution is 2.23. The second-order valence-electron chi connectivity index (χ2n) is 4.39. The van der Waals surface area contributed by atoms with E-state index in [0.717, 1.165) is 13.1 Å². The largest absolute Gasteiger partial charge is 0.462 e. The van der Waals surface area contributed by atoms with Gasteiger partial charge in [0.25, 0.3) is 0 Å². The van der Waals surface area contributed by atoms with Gasteiger partial charge in [-0.3, -0.25) is 0 Å². The van der Waals surface area contributed by atoms with E-state index in [4.69, 9.17) is 4.74 Å². The van der Waals surface area contributed by atoms with Gasteiger partial charge in [0.15, 0.2) is 0 Å². The minimum Gasteiger partial charge on any atom is -0.462 e. The molecule has 0 radical (unpaired) electrons. The van der Waals surface area contributed by atoms with Crippen LogP contribution in [-0.2, 0) is 4.74 Å². The molecule has 1 aliphatic heterocycles. The molecular weight excluding hydrogens is 214 g/mol. The number of piperidine rings is 1. The standard InChI is InChI=1S/C14H19NO2/c1-2-17-14(16)12-6-3-5-11(9-12)13-7-4-8-15-10-13/h3,5-6,9,13,15H,2,4,7-8,10H2,1H3. The topological polar surface area (TPSA) is 38.3 Å². The number of hydrogen-bond donors (Lipinski definition) is 1. The first kappa shape index (κ1) is 12.1. The Morgan fingerprint density at radius 2 is 2.41 bits per heavy atom. The van der Waals surface area contributed by atoms with Gasteiger partial charge in [-0.25, -0.2) is 4.79 Å². The Balaban J connectivity index is 2.12. The van der Waals surface area contributed by atoms with Gasteiger partial charge in [-0.15, -0.1) is 0 Å². The Morgan fingerprint density at radius 3 is 3.12 bits per heavy atom. The highest BCUT2D eigenvalue weighted by molar-refractivity contribution is 5.89. The summed E-state index contributed by atoms with van der Waals surface area (Å²) in [5.74, 6) is 0.302. The third kappa shape index (κ3) is 3.07. The molecule has 1 saturated heterocycles. The summed E-state index contributed by atoms with van der Waals surface area (Å²) >= 11 is 0. The first-order valence-electron chi connectivity index (χ1n) is 6.29. The zero-order valence-corrected chi connectivity index (χ0v) is 10.2. The summed E-state index contributed by atoms with van der Waals surface area (Å²) in [6.45, 7) is 4.36. The molecule has 1 fully saturated rings. The van der Waals surface area contributed by atoms with Gasteiger partial charge >= 0.3 is 5.97 Å². The number of carbonyl (C=O) groups is 1. The van der Waals surface area contributed by atoms with Gasteiger partial charge in [0.2, 0.25) is 0 Å². The summed E-state index contributed by atoms with van der Waals surface area (Å²) in [5, 5.41) is 3.39. The van der Waals surface area contributed by atoms with Gasteiger partial charge in [0.05, 0.1) is 12.2 Å². The third-order valence-electron chi connectivity index (χ3n) is 3.17. The molecule has 1 aromatic carbocycles. The van der Waals surface area contributed by atoms with Crippen LogP contribution in [0.2, 0.25) is 0 Å². The van der Waals surface area contributed by atoms with Gasteiger partial charge in [-0.1, -0.05) is 12.1 Å². The highest BCUT2D eigenvalue weighted by Gasteiger charge is 2.16. The second kappa shape index (κ2) is 5.82. The number of nitrogens with one attached hydrogen (secondary N) is 1. The number of carbonyl (C=O) groups excluding carboxylic acids is 1. The Morgan fingerprint density at radius 1 is 1.53 bits per heavy atom. The fourth-order valence-corrected chi connectivity index (χ4v) is 2.27. The maximum absolute atomic E-state index is 11.6. The lowest BCUT2D eigenvalue weighted by Gasteiger charge is -2.23. The van der Waals surface area contributed by atoms with Gasteiger partial charge in [0, 0.05) is 6.54 Å². The summed E-state index contributed by atoms with van der Waals surface area (Å²) in [6.07, 6.45) is 2.40. The molecule has 3 nitrogen and oxygen atoms in total. The van der Waals surface area contributed by atoms with Crippen molar-refractivity contribution in [2.75, 3.05) is 19.7 Å². The van der Waals surface area contributed by atoms with Crippen molar-refractivity contribution >= 4 is 5.97 Å². The molecule has 1 atom stereocenters. The fraction of sp³-hybridized carbons (Fsp3) is 0.500. The molecule has 0 saturated carbocycles. The predicted molar refractivity (Wildman–Crippen MR) is 67.2 cm³/mol. The summed E-state index contributed by atoms with van der Waals surface area (Å²) in [7, 11) is 0. The Labute approximate surface area is 102 Å². The van der Waals surface area contributed by atoms with Crippen LogP contribution < -0.4 is 5.32 Å². The van der Waals surface area contributed by atoms with Crippen molar-refractivity contribution in [1.82, 2.24) is 5.32 Å². The number of hydrogen-bond acceptors (Lipinski definition) is 3. The molecular formula is C14H19NO2. The number of esters is 1. The van der Waals surface area contributed by atoms with Gasteiger partial charge in [-0.2, -0.15) is 0 Å². The van der Waals surface area contributed by atoms with Gasteiger partial charge in [0.1, 0.15) is 0 Å². The van der Waals surface area contributed by atoms with Crippen LogP contribution in [0.15, 0.2) is 24.3 Å². The molecule has 0 amide bonds. The molecule has 2 rings (SSSR count). The smallest absolute Gasteiger partial charge is 0.338 e. The molecule has 0 aromatic heterocycles. The van der Waals surface area contributed by atoms with Crippen LogP contribution in [-0.4, -0.2) is 25.7 Å². The molecule has 1 aromatic rings. The van der Waals surface area contributed by atoms with E-state index in [1.807, 2.05) is 25.1 Å². The van der Waals surface area contributed by atoms with Crippen molar-refractivity contribution in [2.45, 2.75) is 25.7 Å². The van der Waals surface area contributed by atoms with E-state index in [1.165, 1.54) is 18.4 Å². The maximum atomic E-state index is 11.6. The second-order valence-corrected chi connectivity index (χ2v) is 4.39. The van der Waals surface area contributed by atoms with Crippen molar-refractivity contribution in [2.24, 2.45) is 0 Å². The fourth-order valence-electron chi connectivity index (χ4n) is 2.27. The number of ether oxygens (including phenoxy) is 1. The molecule has 17 heavy (non-hydrogen) atoms. The molecule has 1 N–H and O–H groups in total. The van der Waals surface area contributed by atoms with E-state index in [1.54, 1.807) is 0 Å². The Hall–Kier alpha value is -1.35. The van der Waals surface area contributed by atoms with Crippen molar-refractivity contribution in [1.29, 1.82) is 0 Å². The first-order chi connectivity index (χ1) is 8.31. The Bertz CT molecular complexity index is 384. The van der Waals surface area contributed by atoms with Crippen molar-refractivity contribution < 1.29 is 9.53 Å². The monoisotopic (exact) mass is 233 g/mol. The minimum atomic E-state index is -0.224. The Kier molecular flexibility index (Phi) is 4.15. The zero-order chi connectivity index (χ0) is 12.1. The van der Waals surface area contributed by atoms with Crippen LogP contribution in [0.5, 0.6) is 0 Å². The van der Waals surface area contributed by atoms with Crippen molar-refractivity contribution in [3.63, 3.8) is 0 Å². The lowest BCUT2D eigenvalue weighted by molar-refractivity contribution is 0.0526. The van der Waals surface area contributed by atoms with Crippen LogP contribution in [0.25, 0.3) is 0 Å². The highest BCUT2D eigenvalue weighted by atomic mass is 16.5. The maximum Gasteiger partial charge on any atom is 0.338 e. The SMILES string of the molecule is CCOC(=O)c1cccc(C2CCCNC2)c1. The van der Waals surface area contributed by atoms with Crippen LogP contribution in [0.3, 0.4) is 0 Å². The zero-order valence-electron chi connectivity index (χ0n) is 10.2. The van der Waals surface area contributed by atoms with E-state index in [9.17, 15) is 4.79 Å². The quantitative estimate of drug-likeness (QED) is 0.814. The lowest BCUT2D eigenvalue weighted by atomic mass is 9.91. The molecule has 0 spiro atoms. The van der Waals surface area contributed by atoms with E-state index >= 15 is 0 Å². The van der Waals surface area contributed by atoms with Crippen molar-refractivity contribution in [3.8, 4) is 0 Å². The number of rotatable bonds is 3. The van der Waals surface area contributed by atoms with Crippen molar-refractivity contribution in [3.05, 3.63) is 35.4 Å². The average Bonchev–Trinajstić information content (AvgIpc) is 2.40. The molecule has 1 aliphatic rings. The summed E-state index contributed by atoms with van der Waals surface area (Å²) in [5.41, 5.74) is 1.90. The molecule has 1 heterocycles. The molecule has 1 unspecified atom stereocenters. The molecule has 3 heteroatoms. The summed E-state index contributed by atoms with van der Waals surface area (Å²) in [4.78, 5) is 11.6. The van der Waals surface area contributed by atoms with Gasteiger partial charge < -0.3 is 10.1 Å². The number of benzene rings is 1. The molecule has 0 aliphatic carbocycles. The summed E-state index contributed by atoms with van der Waals surface area (Å²) in [6, 6.07) is 7.82. The first-order valence-corrected chi connectivity index (χ1v) is 6.29. The van der Waals surface area contributed by atoms with Crippen LogP contribution in [0, 0.1) is 0 Å². The van der Waals surface area contributed by atoms with E-state index in [0.29, 0.717) is 18.1 Å². The van der Waals surface area contributed by atoms with Crippen LogP contribution in [0.4, 0.5) is 0 Å². The lowest BCUT2D eigenvalue weighted by Crippen LogP contribution is -2.28. The van der Waals surface area contributed by atoms with Crippen LogP contribution in [0.1, 0.15) is 41.6 Å². The predicted octanol–water partition coefficient (Wildman–Crippen LogP) is 2.33. The molecule has 0 bridgehead atoms. The minimum absolute atomic E-state index is 0.224. The van der Waals surface area contributed by atoms with E-state index < -0.39 is 0 Å². The van der Waals surface area contributed by atoms with E-state index in [-0.39, 0.29) is 5.97 Å².